The molecule has 44 heavy (non-hydrogen) atoms. The second-order valence-corrected chi connectivity index (χ2v) is 10.2. The molecule has 1 N–H and O–H groups in total. The largest absolute Gasteiger partial charge is 0.416 e. The molecular formula is C32H28F6N4O2. The summed E-state index contributed by atoms with van der Waals surface area (Å²) in [4.78, 5) is 35.4. The third-order valence-electron chi connectivity index (χ3n) is 6.87. The molecule has 0 amide bonds. The first kappa shape index (κ1) is 32.2. The zero-order valence-corrected chi connectivity index (χ0v) is 24.0. The Labute approximate surface area is 249 Å². The van der Waals surface area contributed by atoms with Gasteiger partial charge in [-0.3, -0.25) is 9.59 Å². The van der Waals surface area contributed by atoms with E-state index in [-0.39, 0.29) is 23.8 Å². The fourth-order valence-corrected chi connectivity index (χ4v) is 4.52. The molecule has 0 radical (unpaired) electrons. The van der Waals surface area contributed by atoms with Gasteiger partial charge in [-0.25, -0.2) is 4.98 Å². The Morgan fingerprint density at radius 2 is 1.43 bits per heavy atom. The monoisotopic (exact) mass is 614 g/mol. The zero-order chi connectivity index (χ0) is 32.2. The Bertz CT molecular complexity index is 1630. The summed E-state index contributed by atoms with van der Waals surface area (Å²) in [6.45, 7) is 3.66. The molecule has 0 saturated carbocycles. The minimum atomic E-state index is -4.99. The van der Waals surface area contributed by atoms with Gasteiger partial charge in [0.05, 0.1) is 11.1 Å². The second-order valence-electron chi connectivity index (χ2n) is 10.2. The van der Waals surface area contributed by atoms with Crippen molar-refractivity contribution in [3.8, 4) is 0 Å². The maximum atomic E-state index is 13.2. The topological polar surface area (TPSA) is 75.2 Å². The number of aromatic nitrogens is 2. The minimum absolute atomic E-state index is 0.0250. The first-order chi connectivity index (χ1) is 20.6. The van der Waals surface area contributed by atoms with Crippen LogP contribution in [0.5, 0.6) is 0 Å². The van der Waals surface area contributed by atoms with Crippen LogP contribution in [-0.2, 0) is 30.0 Å². The minimum Gasteiger partial charge on any atom is -0.329 e. The second kappa shape index (κ2) is 12.9. The Balaban J connectivity index is 1.44. The lowest BCUT2D eigenvalue weighted by Crippen LogP contribution is -2.14. The molecule has 12 heteroatoms. The van der Waals surface area contributed by atoms with Crippen molar-refractivity contribution in [2.45, 2.75) is 45.5 Å². The summed E-state index contributed by atoms with van der Waals surface area (Å²) in [5, 5.41) is 3.11. The molecule has 0 aliphatic rings. The normalized spacial score (nSPS) is 11.8. The number of benzene rings is 3. The lowest BCUT2D eigenvalue weighted by molar-refractivity contribution is -0.143. The molecule has 0 atom stereocenters. The number of hydrogen-bond acceptors (Lipinski definition) is 6. The quantitative estimate of drug-likeness (QED) is 0.143. The molecule has 3 aromatic carbocycles. The van der Waals surface area contributed by atoms with Gasteiger partial charge in [-0.15, -0.1) is 0 Å². The molecule has 1 aromatic heterocycles. The molecule has 0 aliphatic carbocycles. The summed E-state index contributed by atoms with van der Waals surface area (Å²) in [6, 6.07) is 15.0. The van der Waals surface area contributed by atoms with Crippen LogP contribution in [0.25, 0.3) is 0 Å². The van der Waals surface area contributed by atoms with Crippen LogP contribution in [0.15, 0.2) is 72.9 Å². The van der Waals surface area contributed by atoms with Crippen LogP contribution in [0.3, 0.4) is 0 Å². The van der Waals surface area contributed by atoms with Gasteiger partial charge in [0.25, 0.3) is 0 Å². The SMILES string of the molecule is CCC(=O)c1cc(Nc2nccc(N(C)c3ccc(CC(=O)Cc4cc(C(F)(F)F)cc(C(F)(F)F)c4)cc3)n2)ccc1C. The van der Waals surface area contributed by atoms with Crippen molar-refractivity contribution in [1.29, 1.82) is 0 Å². The number of carbonyl (C=O) groups excluding carboxylic acids is 2. The molecule has 0 spiro atoms. The maximum Gasteiger partial charge on any atom is 0.416 e. The Morgan fingerprint density at radius 1 is 0.818 bits per heavy atom. The van der Waals surface area contributed by atoms with E-state index in [1.165, 1.54) is 0 Å². The molecule has 4 aromatic rings. The van der Waals surface area contributed by atoms with Crippen molar-refractivity contribution in [1.82, 2.24) is 9.97 Å². The van der Waals surface area contributed by atoms with Crippen molar-refractivity contribution in [2.24, 2.45) is 0 Å². The Hall–Kier alpha value is -4.74. The van der Waals surface area contributed by atoms with E-state index >= 15 is 0 Å². The number of ketones is 2. The van der Waals surface area contributed by atoms with Gasteiger partial charge in [-0.1, -0.05) is 25.1 Å². The van der Waals surface area contributed by atoms with Gasteiger partial charge < -0.3 is 10.2 Å². The number of aryl methyl sites for hydroxylation is 1. The van der Waals surface area contributed by atoms with E-state index in [4.69, 9.17) is 0 Å². The van der Waals surface area contributed by atoms with Crippen LogP contribution < -0.4 is 10.2 Å². The lowest BCUT2D eigenvalue weighted by Gasteiger charge is -2.19. The number of nitrogens with one attached hydrogen (secondary N) is 1. The summed E-state index contributed by atoms with van der Waals surface area (Å²) < 4.78 is 78.9. The van der Waals surface area contributed by atoms with Crippen LogP contribution >= 0.6 is 0 Å². The third kappa shape index (κ3) is 8.00. The van der Waals surface area contributed by atoms with E-state index in [2.05, 4.69) is 15.3 Å². The van der Waals surface area contributed by atoms with Crippen molar-refractivity contribution in [3.05, 3.63) is 106 Å². The average Bonchev–Trinajstić information content (AvgIpc) is 2.97. The number of nitrogens with zero attached hydrogens (tertiary/aromatic N) is 3. The highest BCUT2D eigenvalue weighted by molar-refractivity contribution is 5.98. The number of halogens is 6. The van der Waals surface area contributed by atoms with Gasteiger partial charge in [-0.05, 0) is 72.1 Å². The van der Waals surface area contributed by atoms with Crippen LogP contribution in [0.1, 0.15) is 51.5 Å². The van der Waals surface area contributed by atoms with E-state index in [0.29, 0.717) is 52.8 Å². The highest BCUT2D eigenvalue weighted by Crippen LogP contribution is 2.36. The molecule has 0 bridgehead atoms. The lowest BCUT2D eigenvalue weighted by atomic mass is 9.98. The molecule has 0 fully saturated rings. The number of anilines is 4. The molecule has 1 heterocycles. The zero-order valence-electron chi connectivity index (χ0n) is 24.0. The van der Waals surface area contributed by atoms with E-state index in [9.17, 15) is 35.9 Å². The molecule has 4 rings (SSSR count). The standard InChI is InChI=1S/C32H28F6N4O2/c1-4-28(44)27-18-24(8-5-19(27)2)40-30-39-12-11-29(41-30)42(3)25-9-6-20(7-10-25)15-26(43)16-21-13-22(31(33,34)35)17-23(14-21)32(36,37)38/h5-14,17-18H,4,15-16H2,1-3H3,(H,39,40,41). The number of Topliss-reactive ketones (excluding diaryl/α,β-unsaturated/α-hetero) is 2. The smallest absolute Gasteiger partial charge is 0.329 e. The summed E-state index contributed by atoms with van der Waals surface area (Å²) in [5.41, 5.74) is 0.100. The first-order valence-corrected chi connectivity index (χ1v) is 13.5. The first-order valence-electron chi connectivity index (χ1n) is 13.5. The molecule has 6 nitrogen and oxygen atoms in total. The summed E-state index contributed by atoms with van der Waals surface area (Å²) >= 11 is 0. The van der Waals surface area contributed by atoms with Crippen molar-refractivity contribution in [3.63, 3.8) is 0 Å². The third-order valence-corrected chi connectivity index (χ3v) is 6.87. The van der Waals surface area contributed by atoms with Gasteiger partial charge >= 0.3 is 12.4 Å². The number of hydrogen-bond donors (Lipinski definition) is 1. The van der Waals surface area contributed by atoms with E-state index in [1.54, 1.807) is 61.5 Å². The van der Waals surface area contributed by atoms with Gasteiger partial charge in [0.15, 0.2) is 5.78 Å². The predicted octanol–water partition coefficient (Wildman–Crippen LogP) is 8.28. The van der Waals surface area contributed by atoms with Gasteiger partial charge in [0.1, 0.15) is 11.6 Å². The van der Waals surface area contributed by atoms with Crippen molar-refractivity contribution >= 4 is 34.7 Å². The van der Waals surface area contributed by atoms with Crippen LogP contribution in [-0.4, -0.2) is 28.6 Å². The average molecular weight is 615 g/mol. The maximum absolute atomic E-state index is 13.2. The summed E-state index contributed by atoms with van der Waals surface area (Å²) in [6.07, 6.45) is -8.78. The fraction of sp³-hybridized carbons (Fsp3) is 0.250. The molecular weight excluding hydrogens is 586 g/mol. The number of rotatable bonds is 10. The van der Waals surface area contributed by atoms with Crippen molar-refractivity contribution in [2.75, 3.05) is 17.3 Å². The fourth-order valence-electron chi connectivity index (χ4n) is 4.52. The van der Waals surface area contributed by atoms with Gasteiger partial charge in [-0.2, -0.15) is 31.3 Å². The predicted molar refractivity (Wildman–Crippen MR) is 154 cm³/mol. The highest BCUT2D eigenvalue weighted by atomic mass is 19.4. The van der Waals surface area contributed by atoms with Gasteiger partial charge in [0, 0.05) is 49.4 Å². The molecule has 0 saturated heterocycles. The van der Waals surface area contributed by atoms with Crippen molar-refractivity contribution < 1.29 is 35.9 Å². The number of alkyl halides is 6. The van der Waals surface area contributed by atoms with Crippen LogP contribution in [0.4, 0.5) is 49.5 Å². The summed E-state index contributed by atoms with van der Waals surface area (Å²) in [7, 11) is 1.77. The van der Waals surface area contributed by atoms with E-state index < -0.39 is 35.7 Å². The Kier molecular flexibility index (Phi) is 9.41. The highest BCUT2D eigenvalue weighted by Gasteiger charge is 2.37. The van der Waals surface area contributed by atoms with Gasteiger partial charge in [0.2, 0.25) is 5.95 Å². The molecule has 0 unspecified atom stereocenters. The van der Waals surface area contributed by atoms with E-state index in [1.807, 2.05) is 19.1 Å². The molecule has 230 valence electrons. The number of carbonyl (C=O) groups is 2. The van der Waals surface area contributed by atoms with Crippen LogP contribution in [0.2, 0.25) is 0 Å². The van der Waals surface area contributed by atoms with Crippen LogP contribution in [0, 0.1) is 6.92 Å². The summed E-state index contributed by atoms with van der Waals surface area (Å²) in [5.74, 6) is 0.328. The van der Waals surface area contributed by atoms with E-state index in [0.717, 1.165) is 5.56 Å². The Morgan fingerprint density at radius 3 is 2.02 bits per heavy atom. The molecule has 0 aliphatic heterocycles.